The monoisotopic (exact) mass is 307 g/mol. The van der Waals surface area contributed by atoms with Gasteiger partial charge in [-0.05, 0) is 73.5 Å². The molecule has 0 aromatic carbocycles. The molecule has 1 aliphatic carbocycles. The first kappa shape index (κ1) is 17.0. The van der Waals surface area contributed by atoms with Crippen molar-refractivity contribution in [3.63, 3.8) is 0 Å². The first-order valence-corrected chi connectivity index (χ1v) is 9.74. The Morgan fingerprint density at radius 2 is 2.14 bits per heavy atom. The van der Waals surface area contributed by atoms with Crippen molar-refractivity contribution in [3.8, 4) is 0 Å². The highest BCUT2D eigenvalue weighted by molar-refractivity contribution is 7.10. The van der Waals surface area contributed by atoms with Crippen molar-refractivity contribution < 1.29 is 0 Å². The van der Waals surface area contributed by atoms with Crippen LogP contribution in [-0.4, -0.2) is 13.1 Å². The van der Waals surface area contributed by atoms with Gasteiger partial charge in [-0.15, -0.1) is 11.3 Å². The van der Waals surface area contributed by atoms with Gasteiger partial charge in [0.1, 0.15) is 0 Å². The second-order valence-corrected chi connectivity index (χ2v) is 8.44. The van der Waals surface area contributed by atoms with Crippen molar-refractivity contribution in [1.29, 1.82) is 0 Å². The summed E-state index contributed by atoms with van der Waals surface area (Å²) in [7, 11) is 0. The standard InChI is InChI=1S/C19H33NS/c1-5-6-16-7-8-17(13-20-12-14(2)3)19(11-16)18-9-10-21-15(18)4/h9-10,14,16-17,19-20H,5-8,11-13H2,1-4H3. The number of nitrogens with one attached hydrogen (secondary N) is 1. The summed E-state index contributed by atoms with van der Waals surface area (Å²) in [6, 6.07) is 2.40. The van der Waals surface area contributed by atoms with E-state index in [-0.39, 0.29) is 0 Å². The summed E-state index contributed by atoms with van der Waals surface area (Å²) in [6.45, 7) is 11.6. The third-order valence-electron chi connectivity index (χ3n) is 5.06. The molecule has 1 fully saturated rings. The van der Waals surface area contributed by atoms with Crippen LogP contribution in [0.25, 0.3) is 0 Å². The van der Waals surface area contributed by atoms with Gasteiger partial charge < -0.3 is 5.32 Å². The van der Waals surface area contributed by atoms with E-state index >= 15 is 0 Å². The number of thiophene rings is 1. The SMILES string of the molecule is CCCC1CCC(CNCC(C)C)C(c2ccsc2C)C1. The van der Waals surface area contributed by atoms with E-state index in [2.05, 4.69) is 44.5 Å². The molecule has 1 heterocycles. The van der Waals surface area contributed by atoms with E-state index in [0.717, 1.165) is 30.2 Å². The van der Waals surface area contributed by atoms with Crippen molar-refractivity contribution in [3.05, 3.63) is 21.9 Å². The maximum Gasteiger partial charge on any atom is 0.00491 e. The van der Waals surface area contributed by atoms with Crippen LogP contribution in [-0.2, 0) is 0 Å². The van der Waals surface area contributed by atoms with Gasteiger partial charge in [-0.25, -0.2) is 0 Å². The zero-order chi connectivity index (χ0) is 15.2. The predicted octanol–water partition coefficient (Wildman–Crippen LogP) is 5.60. The average molecular weight is 308 g/mol. The number of hydrogen-bond donors (Lipinski definition) is 1. The molecule has 120 valence electrons. The maximum absolute atomic E-state index is 3.72. The Kier molecular flexibility index (Phi) is 6.75. The van der Waals surface area contributed by atoms with Crippen LogP contribution >= 0.6 is 11.3 Å². The third kappa shape index (κ3) is 4.82. The highest BCUT2D eigenvalue weighted by Crippen LogP contribution is 2.43. The lowest BCUT2D eigenvalue weighted by Crippen LogP contribution is -2.33. The van der Waals surface area contributed by atoms with Gasteiger partial charge in [0, 0.05) is 4.88 Å². The molecule has 1 aromatic heterocycles. The minimum atomic E-state index is 0.753. The normalized spacial score (nSPS) is 26.4. The Morgan fingerprint density at radius 3 is 2.76 bits per heavy atom. The van der Waals surface area contributed by atoms with Crippen molar-refractivity contribution in [2.24, 2.45) is 17.8 Å². The quantitative estimate of drug-likeness (QED) is 0.691. The highest BCUT2D eigenvalue weighted by Gasteiger charge is 2.32. The molecule has 0 amide bonds. The molecule has 1 saturated carbocycles. The highest BCUT2D eigenvalue weighted by atomic mass is 32.1. The zero-order valence-corrected chi connectivity index (χ0v) is 15.1. The molecule has 0 radical (unpaired) electrons. The molecular weight excluding hydrogens is 274 g/mol. The Bertz CT molecular complexity index is 409. The van der Waals surface area contributed by atoms with Crippen LogP contribution in [0.3, 0.4) is 0 Å². The Labute approximate surface area is 135 Å². The van der Waals surface area contributed by atoms with E-state index in [1.807, 2.05) is 11.3 Å². The van der Waals surface area contributed by atoms with Crippen LogP contribution in [0, 0.1) is 24.7 Å². The van der Waals surface area contributed by atoms with Gasteiger partial charge in [-0.3, -0.25) is 0 Å². The molecule has 1 nitrogen and oxygen atoms in total. The minimum absolute atomic E-state index is 0.753. The van der Waals surface area contributed by atoms with Crippen molar-refractivity contribution in [2.45, 2.75) is 65.7 Å². The second kappa shape index (κ2) is 8.33. The van der Waals surface area contributed by atoms with Gasteiger partial charge in [0.15, 0.2) is 0 Å². The molecule has 2 rings (SSSR count). The number of hydrogen-bond acceptors (Lipinski definition) is 2. The zero-order valence-electron chi connectivity index (χ0n) is 14.3. The largest absolute Gasteiger partial charge is 0.316 e. The van der Waals surface area contributed by atoms with Crippen LogP contribution < -0.4 is 5.32 Å². The minimum Gasteiger partial charge on any atom is -0.316 e. The van der Waals surface area contributed by atoms with E-state index < -0.39 is 0 Å². The van der Waals surface area contributed by atoms with Crippen LogP contribution in [0.15, 0.2) is 11.4 Å². The van der Waals surface area contributed by atoms with Gasteiger partial charge >= 0.3 is 0 Å². The van der Waals surface area contributed by atoms with E-state index in [4.69, 9.17) is 0 Å². The van der Waals surface area contributed by atoms with E-state index in [9.17, 15) is 0 Å². The van der Waals surface area contributed by atoms with Gasteiger partial charge in [-0.2, -0.15) is 0 Å². The number of rotatable bonds is 7. The summed E-state index contributed by atoms with van der Waals surface area (Å²) in [6.07, 6.45) is 7.04. The van der Waals surface area contributed by atoms with Crippen molar-refractivity contribution in [1.82, 2.24) is 5.32 Å². The van der Waals surface area contributed by atoms with Gasteiger partial charge in [0.05, 0.1) is 0 Å². The molecule has 1 aliphatic rings. The fourth-order valence-corrected chi connectivity index (χ4v) is 4.73. The lowest BCUT2D eigenvalue weighted by molar-refractivity contribution is 0.219. The van der Waals surface area contributed by atoms with Crippen molar-refractivity contribution >= 4 is 11.3 Å². The molecule has 21 heavy (non-hydrogen) atoms. The van der Waals surface area contributed by atoms with Crippen molar-refractivity contribution in [2.75, 3.05) is 13.1 Å². The molecule has 0 bridgehead atoms. The Morgan fingerprint density at radius 1 is 1.33 bits per heavy atom. The molecule has 0 spiro atoms. The van der Waals surface area contributed by atoms with Crippen LogP contribution in [0.4, 0.5) is 0 Å². The van der Waals surface area contributed by atoms with Gasteiger partial charge in [0.2, 0.25) is 0 Å². The maximum atomic E-state index is 3.72. The molecule has 0 aliphatic heterocycles. The molecule has 1 N–H and O–H groups in total. The fraction of sp³-hybridized carbons (Fsp3) is 0.789. The van der Waals surface area contributed by atoms with Crippen LogP contribution in [0.2, 0.25) is 0 Å². The molecule has 3 unspecified atom stereocenters. The van der Waals surface area contributed by atoms with E-state index in [1.54, 1.807) is 10.4 Å². The van der Waals surface area contributed by atoms with Crippen LogP contribution in [0.1, 0.15) is 69.2 Å². The van der Waals surface area contributed by atoms with Crippen LogP contribution in [0.5, 0.6) is 0 Å². The van der Waals surface area contributed by atoms with Gasteiger partial charge in [-0.1, -0.05) is 40.0 Å². The summed E-state index contributed by atoms with van der Waals surface area (Å²) < 4.78 is 0. The summed E-state index contributed by atoms with van der Waals surface area (Å²) in [5.41, 5.74) is 1.65. The summed E-state index contributed by atoms with van der Waals surface area (Å²) in [5.74, 6) is 3.34. The van der Waals surface area contributed by atoms with E-state index in [1.165, 1.54) is 38.6 Å². The lowest BCUT2D eigenvalue weighted by atomic mass is 9.70. The van der Waals surface area contributed by atoms with E-state index in [0.29, 0.717) is 0 Å². The third-order valence-corrected chi connectivity index (χ3v) is 5.92. The van der Waals surface area contributed by atoms with Gasteiger partial charge in [0.25, 0.3) is 0 Å². The fourth-order valence-electron chi connectivity index (χ4n) is 3.95. The number of aryl methyl sites for hydroxylation is 1. The lowest BCUT2D eigenvalue weighted by Gasteiger charge is -2.37. The second-order valence-electron chi connectivity index (χ2n) is 7.32. The average Bonchev–Trinajstić information content (AvgIpc) is 2.86. The summed E-state index contributed by atoms with van der Waals surface area (Å²) in [4.78, 5) is 1.55. The Hall–Kier alpha value is -0.340. The molecule has 3 atom stereocenters. The molecule has 0 saturated heterocycles. The first-order valence-electron chi connectivity index (χ1n) is 8.86. The first-order chi connectivity index (χ1) is 10.1. The smallest absolute Gasteiger partial charge is 0.00491 e. The topological polar surface area (TPSA) is 12.0 Å². The summed E-state index contributed by atoms with van der Waals surface area (Å²) >= 11 is 1.92. The molecular formula is C19H33NS. The predicted molar refractivity (Wildman–Crippen MR) is 95.2 cm³/mol. The molecule has 1 aromatic rings. The molecule has 2 heteroatoms. The Balaban J connectivity index is 2.02. The summed E-state index contributed by atoms with van der Waals surface area (Å²) in [5, 5.41) is 6.00.